The predicted molar refractivity (Wildman–Crippen MR) is 77.5 cm³/mol. The summed E-state index contributed by atoms with van der Waals surface area (Å²) in [5, 5.41) is 11.7. The third-order valence-electron chi connectivity index (χ3n) is 4.22. The largest absolute Gasteiger partial charge is 0.370 e. The molecule has 3 heterocycles. The van der Waals surface area contributed by atoms with Gasteiger partial charge in [0.05, 0.1) is 5.69 Å². The number of nitrogens with zero attached hydrogens (tertiary/aromatic N) is 3. The van der Waals surface area contributed by atoms with Gasteiger partial charge >= 0.3 is 0 Å². The zero-order valence-electron chi connectivity index (χ0n) is 12.0. The van der Waals surface area contributed by atoms with E-state index in [0.717, 1.165) is 25.3 Å². The molecule has 2 atom stereocenters. The van der Waals surface area contributed by atoms with Gasteiger partial charge in [0.25, 0.3) is 0 Å². The van der Waals surface area contributed by atoms with Crippen LogP contribution in [0, 0.1) is 12.8 Å². The zero-order valence-corrected chi connectivity index (χ0v) is 12.0. The summed E-state index contributed by atoms with van der Waals surface area (Å²) in [5.74, 6) is 1.81. The van der Waals surface area contributed by atoms with Gasteiger partial charge < -0.3 is 15.5 Å². The van der Waals surface area contributed by atoms with Crippen molar-refractivity contribution in [2.45, 2.75) is 32.4 Å². The number of likely N-dealkylation sites (N-methyl/N-ethyl adjacent to an activating group) is 1. The van der Waals surface area contributed by atoms with Gasteiger partial charge in [0.2, 0.25) is 0 Å². The van der Waals surface area contributed by atoms with E-state index in [0.29, 0.717) is 12.0 Å². The van der Waals surface area contributed by atoms with Crippen molar-refractivity contribution in [2.24, 2.45) is 5.92 Å². The fourth-order valence-corrected chi connectivity index (χ4v) is 3.19. The first-order chi connectivity index (χ1) is 9.20. The lowest BCUT2D eigenvalue weighted by atomic mass is 10.0. The number of hydrogen-bond acceptors (Lipinski definition) is 4. The SMILES string of the molecule is Cc1cc2n(n1)C[C@H](CN[C@@H]1CCCN(C)C1)CN2. The average Bonchev–Trinajstić information content (AvgIpc) is 2.75. The minimum Gasteiger partial charge on any atom is -0.370 e. The van der Waals surface area contributed by atoms with Gasteiger partial charge in [-0.2, -0.15) is 5.10 Å². The first kappa shape index (κ1) is 12.9. The van der Waals surface area contributed by atoms with Crippen molar-refractivity contribution in [1.29, 1.82) is 0 Å². The number of aryl methyl sites for hydroxylation is 1. The molecule has 106 valence electrons. The molecule has 1 saturated heterocycles. The van der Waals surface area contributed by atoms with Crippen LogP contribution in [0.4, 0.5) is 5.82 Å². The maximum Gasteiger partial charge on any atom is 0.124 e. The minimum atomic E-state index is 0.638. The molecule has 0 aromatic carbocycles. The lowest BCUT2D eigenvalue weighted by Gasteiger charge is -2.32. The van der Waals surface area contributed by atoms with Gasteiger partial charge in [0.1, 0.15) is 5.82 Å². The molecule has 0 spiro atoms. The van der Waals surface area contributed by atoms with Crippen LogP contribution >= 0.6 is 0 Å². The Kier molecular flexibility index (Phi) is 3.75. The highest BCUT2D eigenvalue weighted by Gasteiger charge is 2.22. The van der Waals surface area contributed by atoms with Gasteiger partial charge in [-0.15, -0.1) is 0 Å². The second-order valence-corrected chi connectivity index (χ2v) is 6.11. The molecule has 1 aromatic rings. The summed E-state index contributed by atoms with van der Waals surface area (Å²) >= 11 is 0. The number of likely N-dealkylation sites (tertiary alicyclic amines) is 1. The quantitative estimate of drug-likeness (QED) is 0.851. The van der Waals surface area contributed by atoms with E-state index in [1.54, 1.807) is 0 Å². The molecule has 3 rings (SSSR count). The first-order valence-electron chi connectivity index (χ1n) is 7.41. The zero-order chi connectivity index (χ0) is 13.2. The maximum atomic E-state index is 4.53. The Morgan fingerprint density at radius 1 is 1.47 bits per heavy atom. The molecule has 0 amide bonds. The predicted octanol–water partition coefficient (Wildman–Crippen LogP) is 0.917. The lowest BCUT2D eigenvalue weighted by Crippen LogP contribution is -2.47. The Labute approximate surface area is 115 Å². The highest BCUT2D eigenvalue weighted by molar-refractivity contribution is 5.38. The van der Waals surface area contributed by atoms with Crippen molar-refractivity contribution in [3.05, 3.63) is 11.8 Å². The van der Waals surface area contributed by atoms with Gasteiger partial charge in [-0.3, -0.25) is 0 Å². The number of piperidine rings is 1. The Hall–Kier alpha value is -1.07. The van der Waals surface area contributed by atoms with Crippen molar-refractivity contribution < 1.29 is 0 Å². The highest BCUT2D eigenvalue weighted by atomic mass is 15.3. The molecule has 5 heteroatoms. The molecule has 2 N–H and O–H groups in total. The second-order valence-electron chi connectivity index (χ2n) is 6.11. The van der Waals surface area contributed by atoms with Crippen LogP contribution in [0.15, 0.2) is 6.07 Å². The normalized spacial score (nSPS) is 27.9. The van der Waals surface area contributed by atoms with E-state index < -0.39 is 0 Å². The molecule has 2 aliphatic rings. The van der Waals surface area contributed by atoms with Gasteiger partial charge in [0, 0.05) is 44.2 Å². The summed E-state index contributed by atoms with van der Waals surface area (Å²) < 4.78 is 2.11. The van der Waals surface area contributed by atoms with E-state index in [2.05, 4.69) is 45.4 Å². The molecule has 0 unspecified atom stereocenters. The maximum absolute atomic E-state index is 4.53. The molecule has 0 aliphatic carbocycles. The molecule has 2 aliphatic heterocycles. The summed E-state index contributed by atoms with van der Waals surface area (Å²) in [4.78, 5) is 2.43. The number of fused-ring (bicyclic) bond motifs is 1. The van der Waals surface area contributed by atoms with Crippen molar-refractivity contribution in [1.82, 2.24) is 20.0 Å². The molecule has 19 heavy (non-hydrogen) atoms. The van der Waals surface area contributed by atoms with Crippen LogP contribution in [-0.2, 0) is 6.54 Å². The van der Waals surface area contributed by atoms with E-state index in [9.17, 15) is 0 Å². The Bertz CT molecular complexity index is 427. The summed E-state index contributed by atoms with van der Waals surface area (Å²) in [7, 11) is 2.22. The molecule has 1 aromatic heterocycles. The minimum absolute atomic E-state index is 0.638. The van der Waals surface area contributed by atoms with Crippen LogP contribution < -0.4 is 10.6 Å². The molecule has 0 radical (unpaired) electrons. The standard InChI is InChI=1S/C14H25N5/c1-11-6-14-16-8-12(9-19(14)17-11)7-15-13-4-3-5-18(2)10-13/h6,12-13,15-16H,3-5,7-10H2,1-2H3/t12-,13-/m1/s1. The fourth-order valence-electron chi connectivity index (χ4n) is 3.19. The van der Waals surface area contributed by atoms with Crippen LogP contribution in [0.1, 0.15) is 18.5 Å². The number of aromatic nitrogens is 2. The van der Waals surface area contributed by atoms with Crippen molar-refractivity contribution in [3.8, 4) is 0 Å². The molecule has 0 saturated carbocycles. The van der Waals surface area contributed by atoms with Gasteiger partial charge in [-0.1, -0.05) is 0 Å². The van der Waals surface area contributed by atoms with E-state index in [-0.39, 0.29) is 0 Å². The first-order valence-corrected chi connectivity index (χ1v) is 7.41. The van der Waals surface area contributed by atoms with Gasteiger partial charge in [0.15, 0.2) is 0 Å². The Morgan fingerprint density at radius 3 is 3.21 bits per heavy atom. The van der Waals surface area contributed by atoms with E-state index in [1.807, 2.05) is 0 Å². The van der Waals surface area contributed by atoms with Crippen molar-refractivity contribution >= 4 is 5.82 Å². The summed E-state index contributed by atoms with van der Waals surface area (Å²) in [6.07, 6.45) is 2.64. The molecular formula is C14H25N5. The third kappa shape index (κ3) is 3.09. The molecule has 1 fully saturated rings. The fraction of sp³-hybridized carbons (Fsp3) is 0.786. The van der Waals surface area contributed by atoms with Crippen LogP contribution in [-0.4, -0.2) is 53.9 Å². The smallest absolute Gasteiger partial charge is 0.124 e. The average molecular weight is 263 g/mol. The second kappa shape index (κ2) is 5.51. The summed E-state index contributed by atoms with van der Waals surface area (Å²) in [6.45, 7) is 7.67. The molecule has 0 bridgehead atoms. The number of hydrogen-bond donors (Lipinski definition) is 2. The van der Waals surface area contributed by atoms with Crippen molar-refractivity contribution in [2.75, 3.05) is 38.5 Å². The monoisotopic (exact) mass is 263 g/mol. The topological polar surface area (TPSA) is 45.1 Å². The van der Waals surface area contributed by atoms with Crippen LogP contribution in [0.2, 0.25) is 0 Å². The Balaban J connectivity index is 1.49. The van der Waals surface area contributed by atoms with Gasteiger partial charge in [-0.05, 0) is 33.4 Å². The van der Waals surface area contributed by atoms with E-state index in [1.165, 1.54) is 31.7 Å². The Morgan fingerprint density at radius 2 is 2.37 bits per heavy atom. The lowest BCUT2D eigenvalue weighted by molar-refractivity contribution is 0.219. The van der Waals surface area contributed by atoms with Crippen LogP contribution in [0.25, 0.3) is 0 Å². The van der Waals surface area contributed by atoms with E-state index >= 15 is 0 Å². The van der Waals surface area contributed by atoms with Crippen LogP contribution in [0.5, 0.6) is 0 Å². The molecular weight excluding hydrogens is 238 g/mol. The number of nitrogens with one attached hydrogen (secondary N) is 2. The third-order valence-corrected chi connectivity index (χ3v) is 4.22. The highest BCUT2D eigenvalue weighted by Crippen LogP contribution is 2.18. The summed E-state index contributed by atoms with van der Waals surface area (Å²) in [5.41, 5.74) is 1.10. The van der Waals surface area contributed by atoms with Crippen molar-refractivity contribution in [3.63, 3.8) is 0 Å². The number of rotatable bonds is 3. The summed E-state index contributed by atoms with van der Waals surface area (Å²) in [6, 6.07) is 2.79. The molecule has 5 nitrogen and oxygen atoms in total. The van der Waals surface area contributed by atoms with E-state index in [4.69, 9.17) is 0 Å². The van der Waals surface area contributed by atoms with Crippen LogP contribution in [0.3, 0.4) is 0 Å². The number of anilines is 1. The van der Waals surface area contributed by atoms with Gasteiger partial charge in [-0.25, -0.2) is 4.68 Å².